The molecule has 0 bridgehead atoms. The predicted octanol–water partition coefficient (Wildman–Crippen LogP) is 2.63. The van der Waals surface area contributed by atoms with Gasteiger partial charge in [0.15, 0.2) is 0 Å². The van der Waals surface area contributed by atoms with Gasteiger partial charge in [0, 0.05) is 5.69 Å². The topological polar surface area (TPSA) is 28.7 Å². The summed E-state index contributed by atoms with van der Waals surface area (Å²) in [5.41, 5.74) is 2.38. The zero-order chi connectivity index (χ0) is 9.28. The molecule has 2 nitrogen and oxygen atoms in total. The number of aromatic nitrogens is 2. The molecule has 0 aliphatic rings. The lowest BCUT2D eigenvalue weighted by molar-refractivity contribution is 1.04. The Bertz CT molecular complexity index is 161. The largest absolute Gasteiger partial charge is 0.283 e. The summed E-state index contributed by atoms with van der Waals surface area (Å²) < 4.78 is 0. The third kappa shape index (κ3) is 5.15. The van der Waals surface area contributed by atoms with E-state index < -0.39 is 0 Å². The molecule has 62 valence electrons. The van der Waals surface area contributed by atoms with E-state index in [0.29, 0.717) is 0 Å². The highest BCUT2D eigenvalue weighted by atomic mass is 15.1. The zero-order valence-corrected chi connectivity index (χ0v) is 7.35. The summed E-state index contributed by atoms with van der Waals surface area (Å²) in [6.45, 7) is 16.0. The average Bonchev–Trinajstić information content (AvgIpc) is 2.44. The second-order valence-corrected chi connectivity index (χ2v) is 1.68. The number of aryl methyl sites for hydroxylation is 2. The van der Waals surface area contributed by atoms with E-state index >= 15 is 0 Å². The molecule has 0 radical (unpaired) electrons. The maximum Gasteiger partial charge on any atom is 0.0519 e. The summed E-state index contributed by atoms with van der Waals surface area (Å²) in [5, 5.41) is 6.61. The molecule has 1 aromatic heterocycles. The molecule has 0 fully saturated rings. The van der Waals surface area contributed by atoms with E-state index in [1.54, 1.807) is 0 Å². The molecule has 1 N–H and O–H groups in total. The van der Waals surface area contributed by atoms with Crippen molar-refractivity contribution in [2.75, 3.05) is 0 Å². The van der Waals surface area contributed by atoms with Crippen molar-refractivity contribution in [2.45, 2.75) is 13.8 Å². The maximum absolute atomic E-state index is 3.80. The van der Waals surface area contributed by atoms with Crippen LogP contribution in [0.15, 0.2) is 32.5 Å². The van der Waals surface area contributed by atoms with Crippen molar-refractivity contribution >= 4 is 0 Å². The van der Waals surface area contributed by atoms with Crippen LogP contribution in [0.4, 0.5) is 0 Å². The third-order valence-corrected chi connectivity index (χ3v) is 1.08. The van der Waals surface area contributed by atoms with Gasteiger partial charge in [-0.05, 0) is 19.4 Å². The monoisotopic (exact) mass is 152 g/mol. The zero-order valence-electron chi connectivity index (χ0n) is 7.35. The Balaban J connectivity index is 0. The average molecular weight is 152 g/mol. The summed E-state index contributed by atoms with van der Waals surface area (Å²) in [6, 6.07) is 0. The second kappa shape index (κ2) is 8.69. The van der Waals surface area contributed by atoms with Crippen molar-refractivity contribution in [2.24, 2.45) is 0 Å². The van der Waals surface area contributed by atoms with Crippen LogP contribution >= 0.6 is 0 Å². The Labute approximate surface area is 68.7 Å². The molecule has 2 heteroatoms. The Hall–Kier alpha value is -1.31. The molecule has 11 heavy (non-hydrogen) atoms. The van der Waals surface area contributed by atoms with Gasteiger partial charge < -0.3 is 0 Å². The first kappa shape index (κ1) is 12.4. The minimum absolute atomic E-state index is 1.15. The molecule has 0 unspecified atom stereocenters. The van der Waals surface area contributed by atoms with Crippen molar-refractivity contribution in [3.63, 3.8) is 0 Å². The highest BCUT2D eigenvalue weighted by molar-refractivity contribution is 5.10. The Morgan fingerprint density at radius 3 is 1.73 bits per heavy atom. The summed E-state index contributed by atoms with van der Waals surface area (Å²) in [5.74, 6) is 0. The fraction of sp³-hybridized carbons (Fsp3) is 0.222. The molecule has 0 atom stereocenters. The highest BCUT2D eigenvalue weighted by Crippen LogP contribution is 1.96. The van der Waals surface area contributed by atoms with E-state index in [-0.39, 0.29) is 0 Å². The Kier molecular flexibility index (Phi) is 9.78. The fourth-order valence-electron chi connectivity index (χ4n) is 0.411. The Morgan fingerprint density at radius 2 is 1.64 bits per heavy atom. The lowest BCUT2D eigenvalue weighted by Crippen LogP contribution is -1.70. The van der Waals surface area contributed by atoms with Gasteiger partial charge >= 0.3 is 0 Å². The molecular weight excluding hydrogens is 136 g/mol. The lowest BCUT2D eigenvalue weighted by atomic mass is 10.3. The third-order valence-electron chi connectivity index (χ3n) is 1.08. The van der Waals surface area contributed by atoms with Gasteiger partial charge in [0.1, 0.15) is 0 Å². The van der Waals surface area contributed by atoms with E-state index in [0.717, 1.165) is 5.69 Å². The van der Waals surface area contributed by atoms with Crippen LogP contribution in [0.25, 0.3) is 0 Å². The SMILES string of the molecule is C=C.C=C.Cc1cn[nH]c1C. The standard InChI is InChI=1S/C5H8N2.2C2H4/c1-4-3-6-7-5(4)2;2*1-2/h3H,1-2H3,(H,6,7);2*1-2H2. The van der Waals surface area contributed by atoms with Gasteiger partial charge in [0.2, 0.25) is 0 Å². The number of rotatable bonds is 0. The summed E-state index contributed by atoms with van der Waals surface area (Å²) in [6.07, 6.45) is 1.81. The number of nitrogens with one attached hydrogen (secondary N) is 1. The van der Waals surface area contributed by atoms with Crippen LogP contribution in [-0.2, 0) is 0 Å². The molecule has 0 saturated heterocycles. The van der Waals surface area contributed by atoms with Gasteiger partial charge in [-0.2, -0.15) is 5.10 Å². The molecule has 0 spiro atoms. The van der Waals surface area contributed by atoms with E-state index in [9.17, 15) is 0 Å². The number of nitrogens with zero attached hydrogens (tertiary/aromatic N) is 1. The van der Waals surface area contributed by atoms with Crippen LogP contribution in [0.5, 0.6) is 0 Å². The van der Waals surface area contributed by atoms with Gasteiger partial charge in [-0.1, -0.05) is 0 Å². The van der Waals surface area contributed by atoms with Gasteiger partial charge in [-0.15, -0.1) is 26.3 Å². The highest BCUT2D eigenvalue weighted by Gasteiger charge is 1.87. The van der Waals surface area contributed by atoms with E-state index in [2.05, 4.69) is 36.5 Å². The van der Waals surface area contributed by atoms with Crippen molar-refractivity contribution < 1.29 is 0 Å². The first-order chi connectivity index (χ1) is 5.30. The van der Waals surface area contributed by atoms with Gasteiger partial charge in [-0.3, -0.25) is 5.10 Å². The van der Waals surface area contributed by atoms with Crippen molar-refractivity contribution in [3.8, 4) is 0 Å². The number of H-pyrrole nitrogens is 1. The minimum atomic E-state index is 1.15. The molecule has 0 aromatic carbocycles. The molecule has 0 saturated carbocycles. The quantitative estimate of drug-likeness (QED) is 0.569. The second-order valence-electron chi connectivity index (χ2n) is 1.68. The Morgan fingerprint density at radius 1 is 1.18 bits per heavy atom. The molecular formula is C9H16N2. The summed E-state index contributed by atoms with van der Waals surface area (Å²) >= 11 is 0. The van der Waals surface area contributed by atoms with Crippen molar-refractivity contribution in [3.05, 3.63) is 43.8 Å². The number of aromatic amines is 1. The molecule has 0 aliphatic heterocycles. The van der Waals surface area contributed by atoms with Crippen LogP contribution in [-0.4, -0.2) is 10.2 Å². The molecule has 1 aromatic rings. The summed E-state index contributed by atoms with van der Waals surface area (Å²) in [7, 11) is 0. The van der Waals surface area contributed by atoms with Crippen LogP contribution in [0.3, 0.4) is 0 Å². The number of hydrogen-bond donors (Lipinski definition) is 1. The molecule has 1 rings (SSSR count). The van der Waals surface area contributed by atoms with E-state index in [4.69, 9.17) is 0 Å². The van der Waals surface area contributed by atoms with Crippen LogP contribution < -0.4 is 0 Å². The molecule has 0 aliphatic carbocycles. The van der Waals surface area contributed by atoms with Crippen LogP contribution in [0, 0.1) is 13.8 Å². The van der Waals surface area contributed by atoms with Gasteiger partial charge in [0.25, 0.3) is 0 Å². The van der Waals surface area contributed by atoms with E-state index in [1.807, 2.05) is 20.0 Å². The first-order valence-corrected chi connectivity index (χ1v) is 3.27. The fourth-order valence-corrected chi connectivity index (χ4v) is 0.411. The lowest BCUT2D eigenvalue weighted by Gasteiger charge is -1.78. The van der Waals surface area contributed by atoms with Crippen molar-refractivity contribution in [1.29, 1.82) is 0 Å². The smallest absolute Gasteiger partial charge is 0.0519 e. The van der Waals surface area contributed by atoms with Gasteiger partial charge in [0.05, 0.1) is 6.20 Å². The maximum atomic E-state index is 3.80. The first-order valence-electron chi connectivity index (χ1n) is 3.27. The summed E-state index contributed by atoms with van der Waals surface area (Å²) in [4.78, 5) is 0. The predicted molar refractivity (Wildman–Crippen MR) is 50.6 cm³/mol. The van der Waals surface area contributed by atoms with Crippen LogP contribution in [0.1, 0.15) is 11.3 Å². The van der Waals surface area contributed by atoms with Crippen molar-refractivity contribution in [1.82, 2.24) is 10.2 Å². The van der Waals surface area contributed by atoms with E-state index in [1.165, 1.54) is 5.56 Å². The molecule has 0 amide bonds. The van der Waals surface area contributed by atoms with Crippen LogP contribution in [0.2, 0.25) is 0 Å². The number of hydrogen-bond acceptors (Lipinski definition) is 1. The normalized spacial score (nSPS) is 6.73. The van der Waals surface area contributed by atoms with Gasteiger partial charge in [-0.25, -0.2) is 0 Å². The molecule has 1 heterocycles. The minimum Gasteiger partial charge on any atom is -0.283 e.